The topological polar surface area (TPSA) is 86.6 Å². The molecule has 28 heavy (non-hydrogen) atoms. The van der Waals surface area contributed by atoms with Crippen LogP contribution in [0.3, 0.4) is 0 Å². The first kappa shape index (κ1) is 20.6. The summed E-state index contributed by atoms with van der Waals surface area (Å²) in [6.07, 6.45) is 4.20. The van der Waals surface area contributed by atoms with Gasteiger partial charge in [-0.25, -0.2) is 8.42 Å². The number of hydrogen-bond acceptors (Lipinski definition) is 6. The Labute approximate surface area is 166 Å². The molecule has 0 aliphatic carbocycles. The number of hydrogen-bond donors (Lipinski definition) is 0. The third kappa shape index (κ3) is 4.30. The van der Waals surface area contributed by atoms with Crippen LogP contribution < -0.4 is 9.47 Å². The Hall–Kier alpha value is -2.13. The van der Waals surface area contributed by atoms with Crippen LogP contribution in [0.25, 0.3) is 0 Å². The molecule has 0 saturated heterocycles. The molecule has 0 amide bonds. The van der Waals surface area contributed by atoms with Gasteiger partial charge in [-0.15, -0.1) is 10.2 Å². The van der Waals surface area contributed by atoms with Crippen LogP contribution in [0.5, 0.6) is 11.5 Å². The van der Waals surface area contributed by atoms with E-state index in [-0.39, 0.29) is 11.4 Å². The van der Waals surface area contributed by atoms with Crippen LogP contribution in [0.2, 0.25) is 0 Å². The molecule has 2 heterocycles. The molecular weight excluding hydrogens is 380 g/mol. The largest absolute Gasteiger partial charge is 0.490 e. The highest BCUT2D eigenvalue weighted by atomic mass is 32.2. The Balaban J connectivity index is 1.84. The van der Waals surface area contributed by atoms with Crippen molar-refractivity contribution >= 4 is 10.0 Å². The summed E-state index contributed by atoms with van der Waals surface area (Å²) in [5.41, 5.74) is 0. The van der Waals surface area contributed by atoms with E-state index in [0.29, 0.717) is 30.5 Å². The fourth-order valence-electron chi connectivity index (χ4n) is 3.32. The molecule has 1 aliphatic rings. The number of ether oxygens (including phenoxy) is 2. The Kier molecular flexibility index (Phi) is 6.56. The molecule has 1 aliphatic heterocycles. The van der Waals surface area contributed by atoms with Crippen molar-refractivity contribution in [3.05, 3.63) is 29.8 Å². The number of fused-ring (bicyclic) bond motifs is 1. The van der Waals surface area contributed by atoms with Crippen LogP contribution in [0.1, 0.15) is 44.8 Å². The minimum atomic E-state index is -3.71. The van der Waals surface area contributed by atoms with E-state index in [0.717, 1.165) is 38.1 Å². The van der Waals surface area contributed by atoms with Crippen LogP contribution in [0.15, 0.2) is 23.1 Å². The molecule has 0 atom stereocenters. The molecule has 8 nitrogen and oxygen atoms in total. The van der Waals surface area contributed by atoms with Crippen molar-refractivity contribution in [1.82, 2.24) is 19.1 Å². The molecule has 0 saturated carbocycles. The standard InChI is InChI=1S/C19H28N4O4S/c1-4-26-16-11-10-15(13-17(16)27-5-2)28(24,25)22(3)14-19-21-20-18-9-7-6-8-12-23(18)19/h10-11,13H,4-9,12,14H2,1-3H3. The van der Waals surface area contributed by atoms with Gasteiger partial charge >= 0.3 is 0 Å². The monoisotopic (exact) mass is 408 g/mol. The smallest absolute Gasteiger partial charge is 0.243 e. The Bertz CT molecular complexity index is 911. The molecule has 1 aromatic heterocycles. The summed E-state index contributed by atoms with van der Waals surface area (Å²) in [6.45, 7) is 5.63. The lowest BCUT2D eigenvalue weighted by atomic mass is 10.2. The van der Waals surface area contributed by atoms with E-state index < -0.39 is 10.0 Å². The molecule has 0 N–H and O–H groups in total. The highest BCUT2D eigenvalue weighted by Crippen LogP contribution is 2.31. The molecule has 0 radical (unpaired) electrons. The van der Waals surface area contributed by atoms with Crippen LogP contribution >= 0.6 is 0 Å². The van der Waals surface area contributed by atoms with Crippen molar-refractivity contribution in [3.63, 3.8) is 0 Å². The zero-order valence-electron chi connectivity index (χ0n) is 16.7. The molecule has 154 valence electrons. The molecule has 0 unspecified atom stereocenters. The maximum absolute atomic E-state index is 13.1. The average Bonchev–Trinajstić information content (AvgIpc) is 2.89. The first-order chi connectivity index (χ1) is 13.5. The molecule has 2 aromatic rings. The van der Waals surface area contributed by atoms with Crippen LogP contribution in [0.4, 0.5) is 0 Å². The van der Waals surface area contributed by atoms with Gasteiger partial charge in [0.15, 0.2) is 11.5 Å². The van der Waals surface area contributed by atoms with E-state index in [1.807, 2.05) is 13.8 Å². The molecule has 9 heteroatoms. The second-order valence-electron chi connectivity index (χ2n) is 6.73. The summed E-state index contributed by atoms with van der Waals surface area (Å²) in [4.78, 5) is 0.164. The first-order valence-electron chi connectivity index (χ1n) is 9.74. The third-order valence-electron chi connectivity index (χ3n) is 4.77. The molecule has 3 rings (SSSR count). The quantitative estimate of drug-likeness (QED) is 0.667. The highest BCUT2D eigenvalue weighted by Gasteiger charge is 2.25. The van der Waals surface area contributed by atoms with Crippen molar-refractivity contribution in [2.24, 2.45) is 0 Å². The van der Waals surface area contributed by atoms with Gasteiger partial charge < -0.3 is 14.0 Å². The number of benzene rings is 1. The minimum absolute atomic E-state index is 0.164. The lowest BCUT2D eigenvalue weighted by Crippen LogP contribution is -2.28. The second kappa shape index (κ2) is 8.91. The van der Waals surface area contributed by atoms with E-state index in [2.05, 4.69) is 14.8 Å². The Morgan fingerprint density at radius 1 is 1.07 bits per heavy atom. The third-order valence-corrected chi connectivity index (χ3v) is 6.57. The van der Waals surface area contributed by atoms with Crippen molar-refractivity contribution in [1.29, 1.82) is 0 Å². The Morgan fingerprint density at radius 2 is 1.82 bits per heavy atom. The lowest BCUT2D eigenvalue weighted by Gasteiger charge is -2.19. The minimum Gasteiger partial charge on any atom is -0.490 e. The lowest BCUT2D eigenvalue weighted by molar-refractivity contribution is 0.287. The van der Waals surface area contributed by atoms with Gasteiger partial charge in [0, 0.05) is 26.1 Å². The van der Waals surface area contributed by atoms with E-state index in [1.54, 1.807) is 19.2 Å². The number of nitrogens with zero attached hydrogens (tertiary/aromatic N) is 4. The summed E-state index contributed by atoms with van der Waals surface area (Å²) in [5.74, 6) is 2.58. The van der Waals surface area contributed by atoms with Crippen molar-refractivity contribution < 1.29 is 17.9 Å². The van der Waals surface area contributed by atoms with Crippen molar-refractivity contribution in [2.75, 3.05) is 20.3 Å². The van der Waals surface area contributed by atoms with Gasteiger partial charge in [-0.05, 0) is 38.8 Å². The van der Waals surface area contributed by atoms with Gasteiger partial charge in [-0.3, -0.25) is 0 Å². The van der Waals surface area contributed by atoms with E-state index in [4.69, 9.17) is 9.47 Å². The molecule has 0 fully saturated rings. The average molecular weight is 409 g/mol. The molecule has 0 bridgehead atoms. The van der Waals surface area contributed by atoms with Gasteiger partial charge in [-0.2, -0.15) is 4.31 Å². The van der Waals surface area contributed by atoms with Crippen molar-refractivity contribution in [2.45, 2.75) is 57.5 Å². The highest BCUT2D eigenvalue weighted by molar-refractivity contribution is 7.89. The zero-order valence-corrected chi connectivity index (χ0v) is 17.5. The number of aryl methyl sites for hydroxylation is 1. The van der Waals surface area contributed by atoms with E-state index in [9.17, 15) is 8.42 Å². The fraction of sp³-hybridized carbons (Fsp3) is 0.579. The number of rotatable bonds is 8. The predicted octanol–water partition coefficient (Wildman–Crippen LogP) is 2.62. The summed E-state index contributed by atoms with van der Waals surface area (Å²) in [7, 11) is -2.15. The van der Waals surface area contributed by atoms with Gasteiger partial charge in [0.2, 0.25) is 10.0 Å². The SMILES string of the molecule is CCOc1ccc(S(=O)(=O)N(C)Cc2nnc3n2CCCCC3)cc1OCC. The summed E-state index contributed by atoms with van der Waals surface area (Å²) < 4.78 is 40.6. The second-order valence-corrected chi connectivity index (χ2v) is 8.78. The van der Waals surface area contributed by atoms with Crippen LogP contribution in [0, 0.1) is 0 Å². The van der Waals surface area contributed by atoms with Gasteiger partial charge in [0.25, 0.3) is 0 Å². The molecule has 1 aromatic carbocycles. The first-order valence-corrected chi connectivity index (χ1v) is 11.2. The molecule has 0 spiro atoms. The Morgan fingerprint density at radius 3 is 2.57 bits per heavy atom. The zero-order chi connectivity index (χ0) is 20.1. The van der Waals surface area contributed by atoms with Crippen molar-refractivity contribution in [3.8, 4) is 11.5 Å². The fourth-order valence-corrected chi connectivity index (χ4v) is 4.46. The van der Waals surface area contributed by atoms with Gasteiger partial charge in [-0.1, -0.05) is 6.42 Å². The predicted molar refractivity (Wildman–Crippen MR) is 105 cm³/mol. The maximum atomic E-state index is 13.1. The summed E-state index contributed by atoms with van der Waals surface area (Å²) in [6, 6.07) is 4.70. The van der Waals surface area contributed by atoms with Crippen LogP contribution in [-0.4, -0.2) is 47.7 Å². The normalized spacial score (nSPS) is 14.6. The van der Waals surface area contributed by atoms with E-state index in [1.165, 1.54) is 10.4 Å². The summed E-state index contributed by atoms with van der Waals surface area (Å²) in [5, 5.41) is 8.48. The van der Waals surface area contributed by atoms with Gasteiger partial charge in [0.1, 0.15) is 11.6 Å². The van der Waals surface area contributed by atoms with E-state index >= 15 is 0 Å². The van der Waals surface area contributed by atoms with Crippen LogP contribution in [-0.2, 0) is 29.5 Å². The maximum Gasteiger partial charge on any atom is 0.243 e. The van der Waals surface area contributed by atoms with Gasteiger partial charge in [0.05, 0.1) is 24.7 Å². The molecular formula is C19H28N4O4S. The number of aromatic nitrogens is 3. The summed E-state index contributed by atoms with van der Waals surface area (Å²) >= 11 is 0. The number of sulfonamides is 1.